The van der Waals surface area contributed by atoms with Gasteiger partial charge in [-0.3, -0.25) is 4.68 Å². The molecule has 0 saturated heterocycles. The molecule has 0 aliphatic heterocycles. The van der Waals surface area contributed by atoms with Gasteiger partial charge in [-0.2, -0.15) is 5.10 Å². The molecule has 4 heteroatoms. The van der Waals surface area contributed by atoms with Crippen molar-refractivity contribution in [2.75, 3.05) is 19.8 Å². The lowest BCUT2D eigenvalue weighted by molar-refractivity contribution is 0.126. The maximum atomic E-state index is 5.57. The van der Waals surface area contributed by atoms with Crippen molar-refractivity contribution in [1.29, 1.82) is 0 Å². The Morgan fingerprint density at radius 3 is 3.00 bits per heavy atom. The largest absolute Gasteiger partial charge is 0.380 e. The Kier molecular flexibility index (Phi) is 4.57. The fourth-order valence-electron chi connectivity index (χ4n) is 1.81. The topological polar surface area (TPSA) is 39.1 Å². The van der Waals surface area contributed by atoms with Crippen LogP contribution in [0.15, 0.2) is 6.07 Å². The van der Waals surface area contributed by atoms with Gasteiger partial charge in [-0.15, -0.1) is 0 Å². The second kappa shape index (κ2) is 6.17. The fraction of sp³-hybridized carbons (Fsp3) is 0.769. The van der Waals surface area contributed by atoms with Crippen molar-refractivity contribution in [1.82, 2.24) is 15.1 Å². The van der Waals surface area contributed by atoms with E-state index in [2.05, 4.69) is 23.4 Å². The highest BCUT2D eigenvalue weighted by molar-refractivity contribution is 5.09. The Labute approximate surface area is 103 Å². The zero-order valence-corrected chi connectivity index (χ0v) is 10.9. The lowest BCUT2D eigenvalue weighted by atomic mass is 10.3. The molecule has 1 fully saturated rings. The van der Waals surface area contributed by atoms with Crippen LogP contribution in [0.25, 0.3) is 0 Å². The van der Waals surface area contributed by atoms with Crippen LogP contribution in [0.1, 0.15) is 31.2 Å². The molecule has 1 saturated carbocycles. The molecule has 0 aromatic carbocycles. The summed E-state index contributed by atoms with van der Waals surface area (Å²) in [6, 6.07) is 2.16. The molecule has 96 valence electrons. The first-order valence-electron chi connectivity index (χ1n) is 6.60. The Morgan fingerprint density at radius 1 is 1.53 bits per heavy atom. The Balaban J connectivity index is 1.58. The third-order valence-corrected chi connectivity index (χ3v) is 3.17. The summed E-state index contributed by atoms with van der Waals surface area (Å²) in [6.07, 6.45) is 3.73. The minimum Gasteiger partial charge on any atom is -0.380 e. The van der Waals surface area contributed by atoms with Crippen LogP contribution in [0, 0.1) is 5.92 Å². The number of hydrogen-bond acceptors (Lipinski definition) is 3. The molecule has 1 heterocycles. The summed E-state index contributed by atoms with van der Waals surface area (Å²) in [4.78, 5) is 0. The highest BCUT2D eigenvalue weighted by atomic mass is 16.5. The molecule has 1 aliphatic rings. The van der Waals surface area contributed by atoms with Crippen LogP contribution >= 0.6 is 0 Å². The highest BCUT2D eigenvalue weighted by Gasteiger charge is 2.20. The molecular formula is C13H23N3O. The van der Waals surface area contributed by atoms with Crippen LogP contribution in [0.3, 0.4) is 0 Å². The SMILES string of the molecule is CCc1cc(CNCCOCC2CC2)n(C)n1. The molecule has 0 unspecified atom stereocenters. The van der Waals surface area contributed by atoms with E-state index in [0.717, 1.165) is 44.3 Å². The van der Waals surface area contributed by atoms with Crippen molar-refractivity contribution in [2.24, 2.45) is 13.0 Å². The fourth-order valence-corrected chi connectivity index (χ4v) is 1.81. The Bertz CT molecular complexity index is 344. The number of hydrogen-bond donors (Lipinski definition) is 1. The summed E-state index contributed by atoms with van der Waals surface area (Å²) in [7, 11) is 2.00. The summed E-state index contributed by atoms with van der Waals surface area (Å²) < 4.78 is 7.52. The monoisotopic (exact) mass is 237 g/mol. The molecule has 0 radical (unpaired) electrons. The quantitative estimate of drug-likeness (QED) is 0.696. The molecule has 4 nitrogen and oxygen atoms in total. The van der Waals surface area contributed by atoms with Crippen LogP contribution in [0.2, 0.25) is 0 Å². The van der Waals surface area contributed by atoms with Gasteiger partial charge in [0.1, 0.15) is 0 Å². The van der Waals surface area contributed by atoms with Crippen molar-refractivity contribution in [3.05, 3.63) is 17.5 Å². The van der Waals surface area contributed by atoms with Crippen LogP contribution in [0.5, 0.6) is 0 Å². The number of ether oxygens (including phenoxy) is 1. The average molecular weight is 237 g/mol. The lowest BCUT2D eigenvalue weighted by Gasteiger charge is -2.05. The van der Waals surface area contributed by atoms with Gasteiger partial charge in [0, 0.05) is 26.7 Å². The molecule has 0 bridgehead atoms. The van der Waals surface area contributed by atoms with Gasteiger partial charge in [-0.1, -0.05) is 6.92 Å². The third kappa shape index (κ3) is 4.13. The van der Waals surface area contributed by atoms with Gasteiger partial charge in [0.25, 0.3) is 0 Å². The number of aryl methyl sites for hydroxylation is 2. The summed E-state index contributed by atoms with van der Waals surface area (Å²) in [6.45, 7) is 5.68. The molecule has 1 aromatic rings. The molecule has 1 aromatic heterocycles. The first kappa shape index (κ1) is 12.6. The van der Waals surface area contributed by atoms with Crippen LogP contribution < -0.4 is 5.32 Å². The van der Waals surface area contributed by atoms with E-state index in [4.69, 9.17) is 4.74 Å². The Morgan fingerprint density at radius 2 is 2.35 bits per heavy atom. The van der Waals surface area contributed by atoms with E-state index in [1.807, 2.05) is 11.7 Å². The number of nitrogens with one attached hydrogen (secondary N) is 1. The predicted octanol–water partition coefficient (Wildman–Crippen LogP) is 1.50. The molecule has 0 spiro atoms. The van der Waals surface area contributed by atoms with Crippen molar-refractivity contribution in [2.45, 2.75) is 32.7 Å². The molecule has 0 atom stereocenters. The van der Waals surface area contributed by atoms with Gasteiger partial charge in [0.15, 0.2) is 0 Å². The van der Waals surface area contributed by atoms with Gasteiger partial charge in [0.05, 0.1) is 18.0 Å². The number of rotatable bonds is 8. The van der Waals surface area contributed by atoms with E-state index in [9.17, 15) is 0 Å². The lowest BCUT2D eigenvalue weighted by Crippen LogP contribution is -2.21. The minimum atomic E-state index is 0.814. The van der Waals surface area contributed by atoms with Gasteiger partial charge in [-0.05, 0) is 31.2 Å². The first-order chi connectivity index (χ1) is 8.29. The van der Waals surface area contributed by atoms with Crippen LogP contribution in [-0.4, -0.2) is 29.5 Å². The van der Waals surface area contributed by atoms with Crippen molar-refractivity contribution >= 4 is 0 Å². The summed E-state index contributed by atoms with van der Waals surface area (Å²) in [5.41, 5.74) is 2.40. The number of aromatic nitrogens is 2. The van der Waals surface area contributed by atoms with E-state index in [0.29, 0.717) is 0 Å². The summed E-state index contributed by atoms with van der Waals surface area (Å²) in [5, 5.41) is 7.81. The number of nitrogens with zero attached hydrogens (tertiary/aromatic N) is 2. The standard InChI is InChI=1S/C13H23N3O/c1-3-12-8-13(16(2)15-12)9-14-6-7-17-10-11-4-5-11/h8,11,14H,3-7,9-10H2,1-2H3. The molecular weight excluding hydrogens is 214 g/mol. The maximum Gasteiger partial charge on any atom is 0.0625 e. The maximum absolute atomic E-state index is 5.57. The molecule has 2 rings (SSSR count). The van der Waals surface area contributed by atoms with E-state index in [-0.39, 0.29) is 0 Å². The molecule has 1 aliphatic carbocycles. The zero-order valence-electron chi connectivity index (χ0n) is 10.9. The van der Waals surface area contributed by atoms with Crippen molar-refractivity contribution < 1.29 is 4.74 Å². The summed E-state index contributed by atoms with van der Waals surface area (Å²) >= 11 is 0. The average Bonchev–Trinajstić information content (AvgIpc) is 3.08. The van der Waals surface area contributed by atoms with Crippen molar-refractivity contribution in [3.63, 3.8) is 0 Å². The molecule has 0 amide bonds. The van der Waals surface area contributed by atoms with Gasteiger partial charge in [0.2, 0.25) is 0 Å². The van der Waals surface area contributed by atoms with E-state index < -0.39 is 0 Å². The van der Waals surface area contributed by atoms with Gasteiger partial charge in [-0.25, -0.2) is 0 Å². The van der Waals surface area contributed by atoms with Crippen LogP contribution in [-0.2, 0) is 24.8 Å². The second-order valence-electron chi connectivity index (χ2n) is 4.80. The second-order valence-corrected chi connectivity index (χ2v) is 4.80. The predicted molar refractivity (Wildman–Crippen MR) is 67.8 cm³/mol. The minimum absolute atomic E-state index is 0.814. The molecule has 17 heavy (non-hydrogen) atoms. The van der Waals surface area contributed by atoms with E-state index in [1.54, 1.807) is 0 Å². The zero-order chi connectivity index (χ0) is 12.1. The van der Waals surface area contributed by atoms with Gasteiger partial charge < -0.3 is 10.1 Å². The normalized spacial score (nSPS) is 15.4. The van der Waals surface area contributed by atoms with E-state index in [1.165, 1.54) is 18.5 Å². The third-order valence-electron chi connectivity index (χ3n) is 3.17. The summed E-state index contributed by atoms with van der Waals surface area (Å²) in [5.74, 6) is 0.860. The van der Waals surface area contributed by atoms with Gasteiger partial charge >= 0.3 is 0 Å². The van der Waals surface area contributed by atoms with Crippen LogP contribution in [0.4, 0.5) is 0 Å². The highest BCUT2D eigenvalue weighted by Crippen LogP contribution is 2.28. The van der Waals surface area contributed by atoms with Crippen molar-refractivity contribution in [3.8, 4) is 0 Å². The smallest absolute Gasteiger partial charge is 0.0625 e. The van der Waals surface area contributed by atoms with E-state index >= 15 is 0 Å². The first-order valence-corrected chi connectivity index (χ1v) is 6.60. The molecule has 1 N–H and O–H groups in total. The Hall–Kier alpha value is -0.870.